The zero-order valence-electron chi connectivity index (χ0n) is 16.8. The van der Waals surface area contributed by atoms with E-state index < -0.39 is 0 Å². The Morgan fingerprint density at radius 1 is 0.967 bits per heavy atom. The second-order valence-electron chi connectivity index (χ2n) is 7.07. The molecule has 1 heterocycles. The largest absolute Gasteiger partial charge is 0.369 e. The third-order valence-corrected chi connectivity index (χ3v) is 5.51. The van der Waals surface area contributed by atoms with E-state index in [2.05, 4.69) is 45.1 Å². The Labute approximate surface area is 179 Å². The van der Waals surface area contributed by atoms with Crippen molar-refractivity contribution in [1.82, 2.24) is 5.16 Å². The summed E-state index contributed by atoms with van der Waals surface area (Å²) < 4.78 is 21.7. The third kappa shape index (κ3) is 5.02. The van der Waals surface area contributed by atoms with Crippen LogP contribution in [0.2, 0.25) is 0 Å². The fourth-order valence-electron chi connectivity index (χ4n) is 3.11. The van der Waals surface area contributed by atoms with Gasteiger partial charge in [0.25, 0.3) is 0 Å². The van der Waals surface area contributed by atoms with Gasteiger partial charge in [-0.1, -0.05) is 29.4 Å². The van der Waals surface area contributed by atoms with Crippen LogP contribution in [0.3, 0.4) is 0 Å². The summed E-state index contributed by atoms with van der Waals surface area (Å²) in [6, 6.07) is 24.9. The lowest BCUT2D eigenvalue weighted by Crippen LogP contribution is -2.16. The van der Waals surface area contributed by atoms with Crippen LogP contribution >= 0.6 is 11.9 Å². The molecule has 0 saturated heterocycles. The van der Waals surface area contributed by atoms with E-state index in [-0.39, 0.29) is 5.82 Å². The van der Waals surface area contributed by atoms with Crippen molar-refractivity contribution < 1.29 is 8.91 Å². The summed E-state index contributed by atoms with van der Waals surface area (Å²) in [7, 11) is 2.03. The molecule has 0 bridgehead atoms. The lowest BCUT2D eigenvalue weighted by Gasteiger charge is -2.18. The molecule has 30 heavy (non-hydrogen) atoms. The molecule has 152 valence electrons. The molecule has 4 aromatic rings. The summed E-state index contributed by atoms with van der Waals surface area (Å²) in [5.74, 6) is 0.592. The smallest absolute Gasteiger partial charge is 0.133 e. The van der Waals surface area contributed by atoms with E-state index in [4.69, 9.17) is 4.52 Å². The van der Waals surface area contributed by atoms with Crippen molar-refractivity contribution in [2.75, 3.05) is 16.7 Å². The third-order valence-electron chi connectivity index (χ3n) is 4.68. The molecule has 4 rings (SSSR count). The summed E-state index contributed by atoms with van der Waals surface area (Å²) >= 11 is 1.55. The molecule has 0 aliphatic rings. The quantitative estimate of drug-likeness (QED) is 0.344. The summed E-state index contributed by atoms with van der Waals surface area (Å²) in [6.07, 6.45) is 0. The molecule has 6 heteroatoms. The molecule has 0 aliphatic carbocycles. The van der Waals surface area contributed by atoms with E-state index in [0.29, 0.717) is 6.54 Å². The van der Waals surface area contributed by atoms with Gasteiger partial charge in [0.15, 0.2) is 0 Å². The van der Waals surface area contributed by atoms with E-state index in [9.17, 15) is 4.39 Å². The van der Waals surface area contributed by atoms with Gasteiger partial charge in [-0.25, -0.2) is 4.39 Å². The lowest BCUT2D eigenvalue weighted by molar-refractivity contribution is 0.390. The highest BCUT2D eigenvalue weighted by Crippen LogP contribution is 2.28. The van der Waals surface area contributed by atoms with E-state index in [0.717, 1.165) is 38.9 Å². The molecule has 4 nitrogen and oxygen atoms in total. The minimum absolute atomic E-state index is 0.226. The first-order valence-corrected chi connectivity index (χ1v) is 10.4. The summed E-state index contributed by atoms with van der Waals surface area (Å²) in [6.45, 7) is 2.58. The Kier molecular flexibility index (Phi) is 6.05. The Morgan fingerprint density at radius 3 is 2.43 bits per heavy atom. The van der Waals surface area contributed by atoms with Crippen molar-refractivity contribution in [3.63, 3.8) is 0 Å². The van der Waals surface area contributed by atoms with Crippen molar-refractivity contribution in [2.24, 2.45) is 0 Å². The Morgan fingerprint density at radius 2 is 1.73 bits per heavy atom. The zero-order valence-corrected chi connectivity index (χ0v) is 17.6. The molecule has 0 radical (unpaired) electrons. The van der Waals surface area contributed by atoms with E-state index in [1.54, 1.807) is 24.1 Å². The molecule has 0 aliphatic heterocycles. The fourth-order valence-corrected chi connectivity index (χ4v) is 3.81. The maximum Gasteiger partial charge on any atom is 0.133 e. The van der Waals surface area contributed by atoms with Crippen LogP contribution in [0.4, 0.5) is 15.8 Å². The highest BCUT2D eigenvalue weighted by Gasteiger charge is 2.07. The van der Waals surface area contributed by atoms with Gasteiger partial charge in [0.05, 0.1) is 6.54 Å². The molecule has 3 aromatic carbocycles. The molecule has 0 fully saturated rings. The number of hydrogen-bond acceptors (Lipinski definition) is 5. The van der Waals surface area contributed by atoms with Gasteiger partial charge in [-0.05, 0) is 78.5 Å². The molecule has 0 saturated carbocycles. The second-order valence-corrected chi connectivity index (χ2v) is 7.95. The Hall–Kier alpha value is -3.25. The standard InChI is InChI=1S/C24H22FN3OS/c1-17-14-22(26-29-17)16-28(2)23-12-10-21(11-13-23)27-30-24-5-3-4-19(15-24)18-6-8-20(25)9-7-18/h3-15,27H,16H2,1-2H3. The van der Waals surface area contributed by atoms with Crippen LogP contribution < -0.4 is 9.62 Å². The number of aromatic nitrogens is 1. The molecular formula is C24H22FN3OS. The van der Waals surface area contributed by atoms with Gasteiger partial charge < -0.3 is 14.1 Å². The van der Waals surface area contributed by atoms with Crippen molar-refractivity contribution in [1.29, 1.82) is 0 Å². The number of rotatable bonds is 7. The Balaban J connectivity index is 1.37. The van der Waals surface area contributed by atoms with Crippen LogP contribution in [0.1, 0.15) is 11.5 Å². The van der Waals surface area contributed by atoms with Gasteiger partial charge in [-0.15, -0.1) is 0 Å². The maximum absolute atomic E-state index is 13.2. The van der Waals surface area contributed by atoms with Crippen LogP contribution in [-0.4, -0.2) is 12.2 Å². The van der Waals surface area contributed by atoms with Crippen LogP contribution in [0.15, 0.2) is 88.3 Å². The Bertz CT molecular complexity index is 1110. The van der Waals surface area contributed by atoms with Crippen molar-refractivity contribution in [2.45, 2.75) is 18.4 Å². The number of halogens is 1. The number of nitrogens with zero attached hydrogens (tertiary/aromatic N) is 2. The first kappa shape index (κ1) is 20.0. The molecule has 0 amide bonds. The average molecular weight is 420 g/mol. The van der Waals surface area contributed by atoms with E-state index >= 15 is 0 Å². The molecular weight excluding hydrogens is 397 g/mol. The average Bonchev–Trinajstić information content (AvgIpc) is 3.18. The van der Waals surface area contributed by atoms with Gasteiger partial charge in [0.2, 0.25) is 0 Å². The van der Waals surface area contributed by atoms with Crippen LogP contribution in [0.25, 0.3) is 11.1 Å². The highest BCUT2D eigenvalue weighted by molar-refractivity contribution is 8.00. The monoisotopic (exact) mass is 419 g/mol. The number of nitrogens with one attached hydrogen (secondary N) is 1. The highest BCUT2D eigenvalue weighted by atomic mass is 32.2. The molecule has 1 N–H and O–H groups in total. The summed E-state index contributed by atoms with van der Waals surface area (Å²) in [5, 5.41) is 4.04. The van der Waals surface area contributed by atoms with Gasteiger partial charge in [0, 0.05) is 29.4 Å². The molecule has 0 spiro atoms. The lowest BCUT2D eigenvalue weighted by atomic mass is 10.1. The van der Waals surface area contributed by atoms with Crippen LogP contribution in [0, 0.1) is 12.7 Å². The van der Waals surface area contributed by atoms with Gasteiger partial charge in [-0.3, -0.25) is 0 Å². The topological polar surface area (TPSA) is 41.3 Å². The SMILES string of the molecule is Cc1cc(CN(C)c2ccc(NSc3cccc(-c4ccc(F)cc4)c3)cc2)no1. The van der Waals surface area contributed by atoms with Crippen LogP contribution in [0.5, 0.6) is 0 Å². The second kappa shape index (κ2) is 9.05. The number of benzene rings is 3. The number of anilines is 2. The van der Waals surface area contributed by atoms with Gasteiger partial charge >= 0.3 is 0 Å². The predicted molar refractivity (Wildman–Crippen MR) is 121 cm³/mol. The minimum atomic E-state index is -0.226. The first-order chi connectivity index (χ1) is 14.6. The molecule has 0 unspecified atom stereocenters. The van der Waals surface area contributed by atoms with Gasteiger partial charge in [-0.2, -0.15) is 0 Å². The van der Waals surface area contributed by atoms with E-state index in [1.807, 2.05) is 38.2 Å². The number of aryl methyl sites for hydroxylation is 1. The minimum Gasteiger partial charge on any atom is -0.369 e. The predicted octanol–water partition coefficient (Wildman–Crippen LogP) is 6.54. The zero-order chi connectivity index (χ0) is 20.9. The summed E-state index contributed by atoms with van der Waals surface area (Å²) in [4.78, 5) is 3.21. The molecule has 1 aromatic heterocycles. The fraction of sp³-hybridized carbons (Fsp3) is 0.125. The molecule has 0 atom stereocenters. The van der Waals surface area contributed by atoms with Crippen molar-refractivity contribution in [3.05, 3.63) is 96.1 Å². The van der Waals surface area contributed by atoms with Crippen LogP contribution in [-0.2, 0) is 6.54 Å². The van der Waals surface area contributed by atoms with Gasteiger partial charge in [0.1, 0.15) is 17.3 Å². The van der Waals surface area contributed by atoms with Crippen molar-refractivity contribution in [3.8, 4) is 11.1 Å². The summed E-state index contributed by atoms with van der Waals surface area (Å²) in [5.41, 5.74) is 5.08. The first-order valence-electron chi connectivity index (χ1n) is 9.59. The van der Waals surface area contributed by atoms with E-state index in [1.165, 1.54) is 12.1 Å². The number of hydrogen-bond donors (Lipinski definition) is 1. The normalized spacial score (nSPS) is 10.8. The maximum atomic E-state index is 13.2. The van der Waals surface area contributed by atoms with Crippen molar-refractivity contribution >= 4 is 23.3 Å².